The highest BCUT2D eigenvalue weighted by Crippen LogP contribution is 2.16. The summed E-state index contributed by atoms with van der Waals surface area (Å²) in [5.41, 5.74) is 0. The van der Waals surface area contributed by atoms with E-state index in [0.717, 1.165) is 64.2 Å². The van der Waals surface area contributed by atoms with E-state index in [-0.39, 0.29) is 12.5 Å². The highest BCUT2D eigenvalue weighted by atomic mass is 16.3. The van der Waals surface area contributed by atoms with Crippen molar-refractivity contribution in [1.82, 2.24) is 5.32 Å². The maximum Gasteiger partial charge on any atom is 0.220 e. The highest BCUT2D eigenvalue weighted by molar-refractivity contribution is 5.76. The second-order valence-electron chi connectivity index (χ2n) is 17.2. The lowest BCUT2D eigenvalue weighted by Crippen LogP contribution is -2.45. The fourth-order valence-electron chi connectivity index (χ4n) is 7.46. The number of hydrogen-bond acceptors (Lipinski definition) is 3. The number of carbonyl (C=O) groups is 1. The van der Waals surface area contributed by atoms with Crippen LogP contribution in [0.4, 0.5) is 0 Å². The van der Waals surface area contributed by atoms with E-state index in [9.17, 15) is 15.0 Å². The van der Waals surface area contributed by atoms with Crippen molar-refractivity contribution in [3.05, 3.63) is 85.1 Å². The van der Waals surface area contributed by atoms with Crippen molar-refractivity contribution in [3.8, 4) is 0 Å². The number of rotatable bonds is 46. The number of unbranched alkanes of at least 4 members (excludes halogenated alkanes) is 27. The topological polar surface area (TPSA) is 69.6 Å². The van der Waals surface area contributed by atoms with Crippen LogP contribution in [0.5, 0.6) is 0 Å². The Labute approximate surface area is 373 Å². The molecule has 0 bridgehead atoms. The monoisotopic (exact) mass is 834 g/mol. The van der Waals surface area contributed by atoms with Crippen molar-refractivity contribution in [3.63, 3.8) is 0 Å². The first kappa shape index (κ1) is 57.6. The second-order valence-corrected chi connectivity index (χ2v) is 17.2. The van der Waals surface area contributed by atoms with E-state index < -0.39 is 12.1 Å². The van der Waals surface area contributed by atoms with Gasteiger partial charge in [-0.2, -0.15) is 0 Å². The molecule has 0 radical (unpaired) electrons. The zero-order valence-electron chi connectivity index (χ0n) is 39.7. The number of aliphatic hydroxyl groups is 2. The molecule has 0 aliphatic rings. The number of hydrogen-bond donors (Lipinski definition) is 3. The third kappa shape index (κ3) is 46.6. The molecule has 0 aliphatic heterocycles. The van der Waals surface area contributed by atoms with E-state index >= 15 is 0 Å². The van der Waals surface area contributed by atoms with Gasteiger partial charge in [0, 0.05) is 6.42 Å². The average molecular weight is 834 g/mol. The summed E-state index contributed by atoms with van der Waals surface area (Å²) in [6, 6.07) is -0.639. The van der Waals surface area contributed by atoms with Crippen LogP contribution in [0.1, 0.15) is 245 Å². The van der Waals surface area contributed by atoms with E-state index in [0.29, 0.717) is 6.42 Å². The predicted octanol–water partition coefficient (Wildman–Crippen LogP) is 16.8. The summed E-state index contributed by atoms with van der Waals surface area (Å²) in [5.74, 6) is -0.0751. The summed E-state index contributed by atoms with van der Waals surface area (Å²) in [5, 5.41) is 22.9. The SMILES string of the molecule is CC/C=C\C/C=C\C/C=C\C/C=C\C/C=C\CCCCCCCCCCCCCCCCCCCCCCCC(=O)NC(CO)C(O)/C=C/CC/C=C/CCCCCCC. The van der Waals surface area contributed by atoms with E-state index in [4.69, 9.17) is 0 Å². The largest absolute Gasteiger partial charge is 0.394 e. The smallest absolute Gasteiger partial charge is 0.220 e. The van der Waals surface area contributed by atoms with Crippen LogP contribution in [0.2, 0.25) is 0 Å². The first-order valence-corrected chi connectivity index (χ1v) is 25.8. The Morgan fingerprint density at radius 2 is 0.750 bits per heavy atom. The average Bonchev–Trinajstić information content (AvgIpc) is 3.25. The van der Waals surface area contributed by atoms with Crippen LogP contribution in [0.3, 0.4) is 0 Å². The molecule has 4 heteroatoms. The summed E-state index contributed by atoms with van der Waals surface area (Å²) in [7, 11) is 0. The Morgan fingerprint density at radius 3 is 1.17 bits per heavy atom. The fraction of sp³-hybridized carbons (Fsp3) is 0.732. The molecule has 0 aromatic carbocycles. The summed E-state index contributed by atoms with van der Waals surface area (Å²) in [4.78, 5) is 12.4. The molecule has 0 saturated carbocycles. The molecule has 0 fully saturated rings. The van der Waals surface area contributed by atoms with Crippen LogP contribution in [-0.2, 0) is 4.79 Å². The fourth-order valence-corrected chi connectivity index (χ4v) is 7.46. The zero-order chi connectivity index (χ0) is 43.5. The molecule has 0 aromatic rings. The van der Waals surface area contributed by atoms with Gasteiger partial charge in [-0.15, -0.1) is 0 Å². The van der Waals surface area contributed by atoms with Gasteiger partial charge in [0.15, 0.2) is 0 Å². The summed E-state index contributed by atoms with van der Waals surface area (Å²) in [6.07, 6.45) is 74.6. The van der Waals surface area contributed by atoms with Crippen molar-refractivity contribution in [2.24, 2.45) is 0 Å². The Morgan fingerprint density at radius 1 is 0.417 bits per heavy atom. The lowest BCUT2D eigenvalue weighted by Gasteiger charge is -2.19. The van der Waals surface area contributed by atoms with Crippen LogP contribution in [0, 0.1) is 0 Å². The van der Waals surface area contributed by atoms with Gasteiger partial charge in [-0.3, -0.25) is 4.79 Å². The molecular formula is C56H99NO3. The Hall–Kier alpha value is -2.43. The van der Waals surface area contributed by atoms with Gasteiger partial charge in [-0.25, -0.2) is 0 Å². The second kappa shape index (κ2) is 50.9. The van der Waals surface area contributed by atoms with Gasteiger partial charge in [-0.1, -0.05) is 247 Å². The molecular weight excluding hydrogens is 735 g/mol. The summed E-state index contributed by atoms with van der Waals surface area (Å²) >= 11 is 0. The normalized spacial score (nSPS) is 13.6. The van der Waals surface area contributed by atoms with Gasteiger partial charge in [0.25, 0.3) is 0 Å². The standard InChI is InChI=1S/C56H99NO3/c1-3-5-7-9-11-13-15-16-17-18-19-20-21-22-23-24-25-26-27-28-29-30-31-32-33-34-35-36-37-38-39-40-42-44-46-48-50-52-56(60)57-54(53-58)55(59)51-49-47-45-43-41-14-12-10-8-6-4-2/h5,7,11,13,16-17,19-20,22-23,41,43,49,51,54-55,58-59H,3-4,6,8-10,12,14-15,18,21,24-40,42,44-48,50,52-53H2,1-2H3,(H,57,60)/b7-5-,13-11-,17-16-,20-19-,23-22-,43-41+,51-49+. The lowest BCUT2D eigenvalue weighted by molar-refractivity contribution is -0.123. The van der Waals surface area contributed by atoms with Gasteiger partial charge in [-0.05, 0) is 77.0 Å². The van der Waals surface area contributed by atoms with Gasteiger partial charge < -0.3 is 15.5 Å². The third-order valence-corrected chi connectivity index (χ3v) is 11.4. The molecule has 4 nitrogen and oxygen atoms in total. The zero-order valence-corrected chi connectivity index (χ0v) is 39.7. The number of nitrogens with one attached hydrogen (secondary N) is 1. The molecule has 2 unspecified atom stereocenters. The van der Waals surface area contributed by atoms with Crippen LogP contribution in [0.25, 0.3) is 0 Å². The Kier molecular flexibility index (Phi) is 48.9. The Balaban J connectivity index is 3.45. The van der Waals surface area contributed by atoms with Crippen molar-refractivity contribution in [2.75, 3.05) is 6.61 Å². The highest BCUT2D eigenvalue weighted by Gasteiger charge is 2.17. The molecule has 3 N–H and O–H groups in total. The quantitative estimate of drug-likeness (QED) is 0.0423. The minimum absolute atomic E-state index is 0.0751. The van der Waals surface area contributed by atoms with Gasteiger partial charge in [0.2, 0.25) is 5.91 Å². The van der Waals surface area contributed by atoms with Gasteiger partial charge in [0.1, 0.15) is 0 Å². The molecule has 2 atom stereocenters. The van der Waals surface area contributed by atoms with E-state index in [2.05, 4.69) is 92.1 Å². The molecule has 1 amide bonds. The number of carbonyl (C=O) groups excluding carboxylic acids is 1. The summed E-state index contributed by atoms with van der Waals surface area (Å²) in [6.45, 7) is 4.16. The van der Waals surface area contributed by atoms with Crippen LogP contribution in [-0.4, -0.2) is 34.9 Å². The first-order valence-electron chi connectivity index (χ1n) is 25.8. The minimum Gasteiger partial charge on any atom is -0.394 e. The number of amides is 1. The molecule has 0 aromatic heterocycles. The molecule has 0 rings (SSSR count). The lowest BCUT2D eigenvalue weighted by atomic mass is 10.0. The first-order chi connectivity index (χ1) is 29.7. The van der Waals surface area contributed by atoms with Crippen molar-refractivity contribution < 1.29 is 15.0 Å². The molecule has 0 spiro atoms. The van der Waals surface area contributed by atoms with Crippen molar-refractivity contribution >= 4 is 5.91 Å². The number of aliphatic hydroxyl groups excluding tert-OH is 2. The van der Waals surface area contributed by atoms with Crippen LogP contribution < -0.4 is 5.32 Å². The maximum atomic E-state index is 12.4. The molecule has 0 saturated heterocycles. The predicted molar refractivity (Wildman–Crippen MR) is 267 cm³/mol. The minimum atomic E-state index is -0.862. The van der Waals surface area contributed by atoms with Gasteiger partial charge >= 0.3 is 0 Å². The summed E-state index contributed by atoms with van der Waals surface area (Å²) < 4.78 is 0. The number of allylic oxidation sites excluding steroid dienone is 13. The molecule has 346 valence electrons. The van der Waals surface area contributed by atoms with Crippen LogP contribution >= 0.6 is 0 Å². The van der Waals surface area contributed by atoms with Gasteiger partial charge in [0.05, 0.1) is 18.8 Å². The Bertz CT molecular complexity index is 1080. The van der Waals surface area contributed by atoms with E-state index in [1.165, 1.54) is 161 Å². The third-order valence-electron chi connectivity index (χ3n) is 11.4. The van der Waals surface area contributed by atoms with Crippen molar-refractivity contribution in [2.45, 2.75) is 257 Å². The molecule has 60 heavy (non-hydrogen) atoms. The van der Waals surface area contributed by atoms with Crippen molar-refractivity contribution in [1.29, 1.82) is 0 Å². The maximum absolute atomic E-state index is 12.4. The van der Waals surface area contributed by atoms with E-state index in [1.807, 2.05) is 6.08 Å². The van der Waals surface area contributed by atoms with E-state index in [1.54, 1.807) is 6.08 Å². The molecule has 0 aliphatic carbocycles. The molecule has 0 heterocycles. The van der Waals surface area contributed by atoms with Crippen LogP contribution in [0.15, 0.2) is 85.1 Å².